The zero-order valence-corrected chi connectivity index (χ0v) is 18.9. The fourth-order valence-corrected chi connectivity index (χ4v) is 4.61. The summed E-state index contributed by atoms with van der Waals surface area (Å²) < 4.78 is 21.6. The quantitative estimate of drug-likeness (QED) is 0.441. The number of nitrogens with zero attached hydrogens (tertiary/aromatic N) is 2. The number of hydrogen-bond donors (Lipinski definition) is 0. The van der Waals surface area contributed by atoms with E-state index in [1.807, 2.05) is 44.2 Å². The van der Waals surface area contributed by atoms with Gasteiger partial charge in [0.05, 0.1) is 4.91 Å². The maximum absolute atomic E-state index is 13.8. The van der Waals surface area contributed by atoms with Gasteiger partial charge in [0, 0.05) is 29.2 Å². The van der Waals surface area contributed by atoms with E-state index >= 15 is 0 Å². The lowest BCUT2D eigenvalue weighted by molar-refractivity contribution is -0.122. The first-order chi connectivity index (χ1) is 15.4. The topological polar surface area (TPSA) is 51.5 Å². The summed E-state index contributed by atoms with van der Waals surface area (Å²) in [6, 6.07) is 16.1. The van der Waals surface area contributed by atoms with Crippen molar-refractivity contribution in [2.75, 3.05) is 6.54 Å². The molecule has 1 saturated heterocycles. The van der Waals surface area contributed by atoms with Gasteiger partial charge in [-0.3, -0.25) is 14.5 Å². The number of carbonyl (C=O) groups is 2. The molecule has 0 bridgehead atoms. The van der Waals surface area contributed by atoms with E-state index in [-0.39, 0.29) is 23.6 Å². The van der Waals surface area contributed by atoms with Crippen LogP contribution in [0.3, 0.4) is 0 Å². The summed E-state index contributed by atoms with van der Waals surface area (Å²) in [5.41, 5.74) is 4.31. The van der Waals surface area contributed by atoms with Gasteiger partial charge in [0.1, 0.15) is 18.2 Å². The summed E-state index contributed by atoms with van der Waals surface area (Å²) in [4.78, 5) is 26.1. The molecule has 2 heterocycles. The molecule has 0 saturated carbocycles. The maximum Gasteiger partial charge on any atom is 0.293 e. The molecule has 1 aliphatic rings. The summed E-state index contributed by atoms with van der Waals surface area (Å²) in [6.45, 7) is 6.28. The van der Waals surface area contributed by atoms with Gasteiger partial charge in [-0.25, -0.2) is 4.39 Å². The molecule has 32 heavy (non-hydrogen) atoms. The third kappa shape index (κ3) is 4.21. The average Bonchev–Trinajstić information content (AvgIpc) is 3.21. The van der Waals surface area contributed by atoms with Crippen molar-refractivity contribution in [2.24, 2.45) is 0 Å². The normalized spacial score (nSPS) is 15.1. The van der Waals surface area contributed by atoms with Crippen LogP contribution in [0.15, 0.2) is 59.5 Å². The van der Waals surface area contributed by atoms with Gasteiger partial charge >= 0.3 is 0 Å². The fraction of sp³-hybridized carbons (Fsp3) is 0.200. The van der Waals surface area contributed by atoms with Crippen LogP contribution in [0.4, 0.5) is 9.18 Å². The molecule has 0 unspecified atom stereocenters. The van der Waals surface area contributed by atoms with E-state index in [0.717, 1.165) is 34.4 Å². The Morgan fingerprint density at radius 3 is 2.44 bits per heavy atom. The lowest BCUT2D eigenvalue weighted by atomic mass is 10.2. The first-order valence-electron chi connectivity index (χ1n) is 10.3. The van der Waals surface area contributed by atoms with Gasteiger partial charge < -0.3 is 9.30 Å². The van der Waals surface area contributed by atoms with Crippen molar-refractivity contribution >= 4 is 29.0 Å². The zero-order chi connectivity index (χ0) is 22.8. The summed E-state index contributed by atoms with van der Waals surface area (Å²) >= 11 is 0.973. The number of rotatable bonds is 6. The smallest absolute Gasteiger partial charge is 0.293 e. The number of halogens is 1. The zero-order valence-electron chi connectivity index (χ0n) is 18.1. The molecule has 0 N–H and O–H groups in total. The molecule has 5 nitrogen and oxygen atoms in total. The van der Waals surface area contributed by atoms with Crippen molar-refractivity contribution in [3.8, 4) is 11.4 Å². The Kier molecular flexibility index (Phi) is 6.19. The molecule has 0 atom stereocenters. The Labute approximate surface area is 190 Å². The second kappa shape index (κ2) is 9.04. The van der Waals surface area contributed by atoms with Gasteiger partial charge in [0.15, 0.2) is 0 Å². The van der Waals surface area contributed by atoms with Crippen LogP contribution in [-0.2, 0) is 11.4 Å². The lowest BCUT2D eigenvalue weighted by Crippen LogP contribution is -2.27. The molecule has 0 aliphatic carbocycles. The van der Waals surface area contributed by atoms with E-state index in [1.54, 1.807) is 31.2 Å². The van der Waals surface area contributed by atoms with Crippen LogP contribution in [0.1, 0.15) is 29.4 Å². The first kappa shape index (κ1) is 21.9. The van der Waals surface area contributed by atoms with Crippen molar-refractivity contribution in [1.82, 2.24) is 9.47 Å². The largest absolute Gasteiger partial charge is 0.489 e. The van der Waals surface area contributed by atoms with E-state index < -0.39 is 0 Å². The number of carbonyl (C=O) groups excluding carboxylic acids is 2. The molecule has 164 valence electrons. The number of imide groups is 1. The molecule has 1 aliphatic heterocycles. The molecule has 3 aromatic rings. The van der Waals surface area contributed by atoms with Crippen LogP contribution in [0, 0.1) is 19.7 Å². The van der Waals surface area contributed by atoms with Gasteiger partial charge in [-0.15, -0.1) is 0 Å². The number of aromatic nitrogens is 1. The molecule has 1 fully saturated rings. The van der Waals surface area contributed by atoms with Crippen LogP contribution in [0.2, 0.25) is 0 Å². The minimum absolute atomic E-state index is 0.157. The third-order valence-electron chi connectivity index (χ3n) is 5.39. The maximum atomic E-state index is 13.8. The van der Waals surface area contributed by atoms with Crippen LogP contribution < -0.4 is 4.74 Å². The minimum atomic E-state index is -0.285. The predicted molar refractivity (Wildman–Crippen MR) is 124 cm³/mol. The first-order valence-corrected chi connectivity index (χ1v) is 11.1. The summed E-state index contributed by atoms with van der Waals surface area (Å²) in [5, 5.41) is -0.233. The Morgan fingerprint density at radius 1 is 1.06 bits per heavy atom. The molecular formula is C25H23FN2O3S. The average molecular weight is 451 g/mol. The summed E-state index contributed by atoms with van der Waals surface area (Å²) in [6.07, 6.45) is 1.78. The van der Waals surface area contributed by atoms with Gasteiger partial charge in [-0.05, 0) is 80.6 Å². The Balaban J connectivity index is 1.54. The van der Waals surface area contributed by atoms with Gasteiger partial charge in [0.25, 0.3) is 11.1 Å². The van der Waals surface area contributed by atoms with Crippen molar-refractivity contribution in [3.05, 3.63) is 87.8 Å². The van der Waals surface area contributed by atoms with Crippen LogP contribution in [0.25, 0.3) is 11.8 Å². The number of amides is 2. The second-order valence-corrected chi connectivity index (χ2v) is 8.46. The van der Waals surface area contributed by atoms with Crippen molar-refractivity contribution in [2.45, 2.75) is 27.4 Å². The highest BCUT2D eigenvalue weighted by molar-refractivity contribution is 8.18. The number of benzene rings is 2. The molecule has 2 amide bonds. The molecule has 2 aromatic carbocycles. The molecule has 7 heteroatoms. The molecule has 1 aromatic heterocycles. The Morgan fingerprint density at radius 2 is 1.78 bits per heavy atom. The van der Waals surface area contributed by atoms with Crippen LogP contribution in [0.5, 0.6) is 5.75 Å². The highest BCUT2D eigenvalue weighted by atomic mass is 32.2. The number of aryl methyl sites for hydroxylation is 1. The van der Waals surface area contributed by atoms with Gasteiger partial charge in [-0.1, -0.05) is 18.2 Å². The highest BCUT2D eigenvalue weighted by Crippen LogP contribution is 2.33. The molecule has 0 spiro atoms. The number of thioether (sulfide) groups is 1. The van der Waals surface area contributed by atoms with E-state index in [4.69, 9.17) is 4.74 Å². The lowest BCUT2D eigenvalue weighted by Gasteiger charge is -2.12. The fourth-order valence-electron chi connectivity index (χ4n) is 3.71. The van der Waals surface area contributed by atoms with Crippen molar-refractivity contribution < 1.29 is 18.7 Å². The number of ether oxygens (including phenoxy) is 1. The number of likely N-dealkylation sites (N-methyl/N-ethyl adjacent to an activating group) is 1. The van der Waals surface area contributed by atoms with E-state index in [1.165, 1.54) is 11.0 Å². The second-order valence-electron chi connectivity index (χ2n) is 7.46. The predicted octanol–water partition coefficient (Wildman–Crippen LogP) is 5.87. The standard InChI is InChI=1S/C25H23FN2O3S/c1-4-27-24(29)23(32-25(27)30)14-19-13-16(2)28(17(19)3)20-9-11-21(12-10-20)31-15-18-7-5-6-8-22(18)26/h5-14H,4,15H2,1-3H3/b23-14+. The summed E-state index contributed by atoms with van der Waals surface area (Å²) in [7, 11) is 0. The van der Waals surface area contributed by atoms with E-state index in [2.05, 4.69) is 4.57 Å². The number of hydrogen-bond acceptors (Lipinski definition) is 4. The van der Waals surface area contributed by atoms with Gasteiger partial charge in [0.2, 0.25) is 0 Å². The molecular weight excluding hydrogens is 427 g/mol. The van der Waals surface area contributed by atoms with E-state index in [0.29, 0.717) is 22.8 Å². The summed E-state index contributed by atoms with van der Waals surface area (Å²) in [5.74, 6) is 0.114. The Hall–Kier alpha value is -3.32. The highest BCUT2D eigenvalue weighted by Gasteiger charge is 2.33. The van der Waals surface area contributed by atoms with Crippen molar-refractivity contribution in [3.63, 3.8) is 0 Å². The minimum Gasteiger partial charge on any atom is -0.489 e. The molecule has 0 radical (unpaired) electrons. The van der Waals surface area contributed by atoms with Crippen molar-refractivity contribution in [1.29, 1.82) is 0 Å². The van der Waals surface area contributed by atoms with Crippen LogP contribution >= 0.6 is 11.8 Å². The monoisotopic (exact) mass is 450 g/mol. The molecule has 4 rings (SSSR count). The SMILES string of the molecule is CCN1C(=O)S/C(=C/c2cc(C)n(-c3ccc(OCc4ccccc4F)cc3)c2C)C1=O. The van der Waals surface area contributed by atoms with Crippen LogP contribution in [-0.4, -0.2) is 27.2 Å². The van der Waals surface area contributed by atoms with E-state index in [9.17, 15) is 14.0 Å². The Bertz CT molecular complexity index is 1210. The van der Waals surface area contributed by atoms with Gasteiger partial charge in [-0.2, -0.15) is 0 Å². The third-order valence-corrected chi connectivity index (χ3v) is 6.30.